The molecule has 2 rings (SSSR count). The van der Waals surface area contributed by atoms with Crippen molar-refractivity contribution in [3.63, 3.8) is 0 Å². The van der Waals surface area contributed by atoms with Gasteiger partial charge in [-0.2, -0.15) is 5.10 Å². The van der Waals surface area contributed by atoms with Gasteiger partial charge in [-0.1, -0.05) is 12.1 Å². The lowest BCUT2D eigenvalue weighted by Gasteiger charge is -2.11. The molecule has 1 aromatic carbocycles. The van der Waals surface area contributed by atoms with Gasteiger partial charge < -0.3 is 4.74 Å². The molecule has 21 heavy (non-hydrogen) atoms. The first-order valence-electron chi connectivity index (χ1n) is 6.80. The molecule has 0 saturated carbocycles. The number of hydrazone groups is 1. The molecule has 0 aliphatic carbocycles. The highest BCUT2D eigenvalue weighted by molar-refractivity contribution is 6.06. The molecule has 6 nitrogen and oxygen atoms in total. The lowest BCUT2D eigenvalue weighted by Crippen LogP contribution is -2.26. The van der Waals surface area contributed by atoms with E-state index in [1.54, 1.807) is 20.0 Å². The molecule has 0 saturated heterocycles. The standard InChI is InChI=1S/C15H19N3O3/c1-10-5-4-6-12(9-10)16-15(20)21-8-7-13-11(2)17-18(3)14(13)19/h4-6,9,13H,7-8H2,1-3H3,(H,16,20)/t13-/m0/s1. The molecular formula is C15H19N3O3. The maximum absolute atomic E-state index is 11.8. The van der Waals surface area contributed by atoms with Gasteiger partial charge >= 0.3 is 6.09 Å². The Bertz CT molecular complexity index is 583. The third-order valence-corrected chi connectivity index (χ3v) is 3.33. The maximum atomic E-state index is 11.8. The highest BCUT2D eigenvalue weighted by Crippen LogP contribution is 2.17. The van der Waals surface area contributed by atoms with Gasteiger partial charge in [0.1, 0.15) is 0 Å². The first-order chi connectivity index (χ1) is 9.97. The van der Waals surface area contributed by atoms with Gasteiger partial charge in [-0.3, -0.25) is 10.1 Å². The highest BCUT2D eigenvalue weighted by atomic mass is 16.5. The first-order valence-corrected chi connectivity index (χ1v) is 6.80. The van der Waals surface area contributed by atoms with E-state index in [1.165, 1.54) is 5.01 Å². The van der Waals surface area contributed by atoms with Crippen LogP contribution in [0.3, 0.4) is 0 Å². The second kappa shape index (κ2) is 6.39. The molecule has 1 aromatic rings. The van der Waals surface area contributed by atoms with Crippen LogP contribution >= 0.6 is 0 Å². The first kappa shape index (κ1) is 15.0. The number of nitrogens with zero attached hydrogens (tertiary/aromatic N) is 2. The van der Waals surface area contributed by atoms with Gasteiger partial charge in [-0.25, -0.2) is 9.80 Å². The minimum atomic E-state index is -0.519. The summed E-state index contributed by atoms with van der Waals surface area (Å²) in [5, 5.41) is 8.05. The summed E-state index contributed by atoms with van der Waals surface area (Å²) in [4.78, 5) is 23.4. The average Bonchev–Trinajstić information content (AvgIpc) is 2.65. The van der Waals surface area contributed by atoms with E-state index in [9.17, 15) is 9.59 Å². The maximum Gasteiger partial charge on any atom is 0.411 e. The van der Waals surface area contributed by atoms with E-state index >= 15 is 0 Å². The molecule has 1 aliphatic heterocycles. The van der Waals surface area contributed by atoms with Crippen molar-refractivity contribution in [1.82, 2.24) is 5.01 Å². The van der Waals surface area contributed by atoms with Crippen LogP contribution in [0.5, 0.6) is 0 Å². The number of aryl methyl sites for hydroxylation is 1. The average molecular weight is 289 g/mol. The predicted octanol–water partition coefficient (Wildman–Crippen LogP) is 2.40. The van der Waals surface area contributed by atoms with Gasteiger partial charge in [0.25, 0.3) is 5.91 Å². The van der Waals surface area contributed by atoms with E-state index < -0.39 is 6.09 Å². The number of ether oxygens (including phenoxy) is 1. The molecule has 2 amide bonds. The van der Waals surface area contributed by atoms with E-state index in [4.69, 9.17) is 4.74 Å². The van der Waals surface area contributed by atoms with Crippen molar-refractivity contribution in [3.8, 4) is 0 Å². The number of amides is 2. The normalized spacial score (nSPS) is 17.7. The molecule has 1 aliphatic rings. The zero-order chi connectivity index (χ0) is 15.4. The topological polar surface area (TPSA) is 71.0 Å². The molecule has 112 valence electrons. The molecular weight excluding hydrogens is 270 g/mol. The zero-order valence-corrected chi connectivity index (χ0v) is 12.4. The van der Waals surface area contributed by atoms with Crippen LogP contribution in [0.2, 0.25) is 0 Å². The van der Waals surface area contributed by atoms with Crippen LogP contribution in [0.1, 0.15) is 18.9 Å². The van der Waals surface area contributed by atoms with Crippen LogP contribution < -0.4 is 5.32 Å². The Morgan fingerprint density at radius 3 is 2.81 bits per heavy atom. The van der Waals surface area contributed by atoms with Crippen molar-refractivity contribution >= 4 is 23.4 Å². The lowest BCUT2D eigenvalue weighted by atomic mass is 10.0. The fourth-order valence-corrected chi connectivity index (χ4v) is 2.24. The Labute approximate surface area is 123 Å². The number of hydrogen-bond donors (Lipinski definition) is 1. The van der Waals surface area contributed by atoms with Gasteiger partial charge in [0.2, 0.25) is 0 Å². The lowest BCUT2D eigenvalue weighted by molar-refractivity contribution is -0.130. The predicted molar refractivity (Wildman–Crippen MR) is 80.1 cm³/mol. The number of benzene rings is 1. The van der Waals surface area contributed by atoms with Crippen LogP contribution in [0.4, 0.5) is 10.5 Å². The Kier molecular flexibility index (Phi) is 4.57. The Balaban J connectivity index is 1.77. The van der Waals surface area contributed by atoms with E-state index in [1.807, 2.05) is 25.1 Å². The molecule has 0 bridgehead atoms. The Hall–Kier alpha value is -2.37. The highest BCUT2D eigenvalue weighted by Gasteiger charge is 2.30. The number of rotatable bonds is 4. The van der Waals surface area contributed by atoms with Crippen molar-refractivity contribution in [2.75, 3.05) is 19.0 Å². The third-order valence-electron chi connectivity index (χ3n) is 3.33. The number of carbonyl (C=O) groups excluding carboxylic acids is 2. The molecule has 0 radical (unpaired) electrons. The van der Waals surface area contributed by atoms with Crippen molar-refractivity contribution < 1.29 is 14.3 Å². The summed E-state index contributed by atoms with van der Waals surface area (Å²) >= 11 is 0. The van der Waals surface area contributed by atoms with Crippen molar-refractivity contribution in [2.45, 2.75) is 20.3 Å². The summed E-state index contributed by atoms with van der Waals surface area (Å²) in [6.07, 6.45) is -0.0753. The summed E-state index contributed by atoms with van der Waals surface area (Å²) in [7, 11) is 1.62. The number of carbonyl (C=O) groups is 2. The van der Waals surface area contributed by atoms with Gasteiger partial charge in [0, 0.05) is 18.4 Å². The second-order valence-electron chi connectivity index (χ2n) is 5.07. The minimum Gasteiger partial charge on any atom is -0.449 e. The smallest absolute Gasteiger partial charge is 0.411 e. The quantitative estimate of drug-likeness (QED) is 0.925. The minimum absolute atomic E-state index is 0.0600. The van der Waals surface area contributed by atoms with Crippen LogP contribution in [-0.2, 0) is 9.53 Å². The summed E-state index contributed by atoms with van der Waals surface area (Å²) < 4.78 is 5.10. The zero-order valence-electron chi connectivity index (χ0n) is 12.4. The summed E-state index contributed by atoms with van der Waals surface area (Å²) in [6.45, 7) is 3.93. The van der Waals surface area contributed by atoms with Gasteiger partial charge in [-0.15, -0.1) is 0 Å². The van der Waals surface area contributed by atoms with Gasteiger partial charge in [-0.05, 0) is 38.0 Å². The van der Waals surface area contributed by atoms with Crippen LogP contribution in [0, 0.1) is 12.8 Å². The van der Waals surface area contributed by atoms with Crippen molar-refractivity contribution in [2.24, 2.45) is 11.0 Å². The molecule has 1 N–H and O–H groups in total. The fraction of sp³-hybridized carbons (Fsp3) is 0.400. The van der Waals surface area contributed by atoms with E-state index in [0.717, 1.165) is 11.3 Å². The molecule has 0 fully saturated rings. The van der Waals surface area contributed by atoms with Crippen molar-refractivity contribution in [1.29, 1.82) is 0 Å². The molecule has 0 unspecified atom stereocenters. The summed E-state index contributed by atoms with van der Waals surface area (Å²) in [5.41, 5.74) is 2.50. The monoisotopic (exact) mass is 289 g/mol. The van der Waals surface area contributed by atoms with Crippen LogP contribution in [-0.4, -0.2) is 36.4 Å². The molecule has 1 atom stereocenters. The number of hydrogen-bond acceptors (Lipinski definition) is 4. The SMILES string of the molecule is CC1=NN(C)C(=O)[C@H]1CCOC(=O)Nc1cccc(C)c1. The summed E-state index contributed by atoms with van der Waals surface area (Å²) in [5.74, 6) is -0.350. The van der Waals surface area contributed by atoms with E-state index in [-0.39, 0.29) is 18.4 Å². The van der Waals surface area contributed by atoms with E-state index in [2.05, 4.69) is 10.4 Å². The third kappa shape index (κ3) is 3.81. The van der Waals surface area contributed by atoms with Crippen molar-refractivity contribution in [3.05, 3.63) is 29.8 Å². The van der Waals surface area contributed by atoms with Gasteiger partial charge in [0.05, 0.1) is 12.5 Å². The molecule has 0 aromatic heterocycles. The Morgan fingerprint density at radius 2 is 2.19 bits per heavy atom. The van der Waals surface area contributed by atoms with Gasteiger partial charge in [0.15, 0.2) is 0 Å². The molecule has 6 heteroatoms. The second-order valence-corrected chi connectivity index (χ2v) is 5.07. The summed E-state index contributed by atoms with van der Waals surface area (Å²) in [6, 6.07) is 7.45. The molecule has 1 heterocycles. The fourth-order valence-electron chi connectivity index (χ4n) is 2.24. The molecule has 0 spiro atoms. The largest absolute Gasteiger partial charge is 0.449 e. The van der Waals surface area contributed by atoms with E-state index in [0.29, 0.717) is 12.1 Å². The number of nitrogens with one attached hydrogen (secondary N) is 1. The van der Waals surface area contributed by atoms with Crippen LogP contribution in [0.15, 0.2) is 29.4 Å². The Morgan fingerprint density at radius 1 is 1.43 bits per heavy atom. The van der Waals surface area contributed by atoms with Crippen LogP contribution in [0.25, 0.3) is 0 Å². The number of anilines is 1.